The fourth-order valence-electron chi connectivity index (χ4n) is 2.22. The van der Waals surface area contributed by atoms with Crippen LogP contribution in [0.15, 0.2) is 64.1 Å². The number of hydrogen-bond donors (Lipinski definition) is 2. The van der Waals surface area contributed by atoms with Gasteiger partial charge in [-0.2, -0.15) is 0 Å². The molecule has 0 radical (unpaired) electrons. The molecule has 0 amide bonds. The van der Waals surface area contributed by atoms with E-state index in [2.05, 4.69) is 20.9 Å². The Bertz CT molecular complexity index is 888. The van der Waals surface area contributed by atoms with Crippen LogP contribution in [-0.4, -0.2) is 18.5 Å². The molecule has 6 heteroatoms. The smallest absolute Gasteiger partial charge is 0.209 e. The Morgan fingerprint density at radius 3 is 2.52 bits per heavy atom. The molecule has 2 N–H and O–H groups in total. The molecule has 0 aliphatic rings. The number of nitrogens with one attached hydrogen (secondary N) is 1. The summed E-state index contributed by atoms with van der Waals surface area (Å²) in [5.41, 5.74) is -0.492. The number of benzene rings is 2. The van der Waals surface area contributed by atoms with E-state index in [-0.39, 0.29) is 4.90 Å². The first-order valence-corrected chi connectivity index (χ1v) is 8.57. The van der Waals surface area contributed by atoms with Crippen molar-refractivity contribution >= 4 is 36.7 Å². The molecule has 21 heavy (non-hydrogen) atoms. The van der Waals surface area contributed by atoms with Crippen LogP contribution in [0.25, 0.3) is 10.9 Å². The number of aliphatic hydroxyl groups is 1. The lowest BCUT2D eigenvalue weighted by atomic mass is 10.2. The van der Waals surface area contributed by atoms with E-state index >= 15 is 0 Å². The molecule has 1 atom stereocenters. The van der Waals surface area contributed by atoms with E-state index in [0.29, 0.717) is 10.9 Å². The fraction of sp³-hybridized carbons (Fsp3) is 0.0667. The minimum atomic E-state index is -3.85. The molecule has 108 valence electrons. The summed E-state index contributed by atoms with van der Waals surface area (Å²) in [5.74, 6) is 0. The summed E-state index contributed by atoms with van der Waals surface area (Å²) in [6.45, 7) is 0. The van der Waals surface area contributed by atoms with E-state index in [1.165, 1.54) is 18.3 Å². The number of fused-ring (bicyclic) bond motifs is 1. The Morgan fingerprint density at radius 1 is 1.10 bits per heavy atom. The van der Waals surface area contributed by atoms with Crippen molar-refractivity contribution in [3.8, 4) is 0 Å². The lowest BCUT2D eigenvalue weighted by molar-refractivity contribution is 0.256. The van der Waals surface area contributed by atoms with Gasteiger partial charge in [0.25, 0.3) is 0 Å². The highest BCUT2D eigenvalue weighted by atomic mass is 79.9. The van der Waals surface area contributed by atoms with Gasteiger partial charge in [-0.3, -0.25) is 0 Å². The monoisotopic (exact) mass is 365 g/mol. The Morgan fingerprint density at radius 2 is 1.81 bits per heavy atom. The molecule has 0 fully saturated rings. The summed E-state index contributed by atoms with van der Waals surface area (Å²) in [6.07, 6.45) is 1.53. The van der Waals surface area contributed by atoms with Crippen LogP contribution >= 0.6 is 15.9 Å². The van der Waals surface area contributed by atoms with Gasteiger partial charge >= 0.3 is 0 Å². The van der Waals surface area contributed by atoms with Crippen molar-refractivity contribution in [2.75, 3.05) is 0 Å². The van der Waals surface area contributed by atoms with Crippen molar-refractivity contribution < 1.29 is 13.5 Å². The third kappa shape index (κ3) is 2.50. The van der Waals surface area contributed by atoms with Gasteiger partial charge in [-0.15, -0.1) is 0 Å². The van der Waals surface area contributed by atoms with Crippen molar-refractivity contribution in [2.24, 2.45) is 0 Å². The number of aromatic amines is 1. The number of rotatable bonds is 3. The van der Waals surface area contributed by atoms with Crippen LogP contribution in [0.2, 0.25) is 0 Å². The molecule has 4 nitrogen and oxygen atoms in total. The van der Waals surface area contributed by atoms with Crippen molar-refractivity contribution in [3.63, 3.8) is 0 Å². The molecule has 0 saturated carbocycles. The zero-order chi connectivity index (χ0) is 15.0. The van der Waals surface area contributed by atoms with Crippen LogP contribution in [0, 0.1) is 0 Å². The molecule has 0 spiro atoms. The average Bonchev–Trinajstić information content (AvgIpc) is 2.90. The summed E-state index contributed by atoms with van der Waals surface area (Å²) in [6, 6.07) is 13.4. The van der Waals surface area contributed by atoms with Gasteiger partial charge in [0, 0.05) is 27.1 Å². The second-order valence-electron chi connectivity index (χ2n) is 4.64. The summed E-state index contributed by atoms with van der Waals surface area (Å²) < 4.78 is 25.8. The van der Waals surface area contributed by atoms with E-state index in [4.69, 9.17) is 0 Å². The molecule has 1 aromatic heterocycles. The Labute approximate surface area is 130 Å². The molecule has 0 aliphatic heterocycles. The SMILES string of the molecule is O=S(=O)(c1ccccc1)C(O)c1c[nH]c2ccc(Br)cc12. The van der Waals surface area contributed by atoms with Crippen LogP contribution < -0.4 is 0 Å². The third-order valence-electron chi connectivity index (χ3n) is 3.31. The van der Waals surface area contributed by atoms with E-state index in [9.17, 15) is 13.5 Å². The van der Waals surface area contributed by atoms with E-state index in [0.717, 1.165) is 9.99 Å². The summed E-state index contributed by atoms with van der Waals surface area (Å²) in [4.78, 5) is 3.07. The number of sulfone groups is 1. The van der Waals surface area contributed by atoms with E-state index < -0.39 is 15.3 Å². The van der Waals surface area contributed by atoms with Crippen LogP contribution in [-0.2, 0) is 9.84 Å². The van der Waals surface area contributed by atoms with Crippen molar-refractivity contribution in [1.29, 1.82) is 0 Å². The van der Waals surface area contributed by atoms with Gasteiger partial charge in [0.1, 0.15) is 0 Å². The first kappa shape index (κ1) is 14.3. The van der Waals surface area contributed by atoms with Gasteiger partial charge in [0.15, 0.2) is 5.44 Å². The molecular weight excluding hydrogens is 354 g/mol. The predicted molar refractivity (Wildman–Crippen MR) is 84.6 cm³/mol. The fourth-order valence-corrected chi connectivity index (χ4v) is 3.91. The van der Waals surface area contributed by atoms with Crippen LogP contribution in [0.3, 0.4) is 0 Å². The van der Waals surface area contributed by atoms with E-state index in [1.807, 2.05) is 12.1 Å². The van der Waals surface area contributed by atoms with Crippen molar-refractivity contribution in [3.05, 3.63) is 64.8 Å². The topological polar surface area (TPSA) is 70.2 Å². The standard InChI is InChI=1S/C15H12BrNO3S/c16-10-6-7-14-12(8-10)13(9-17-14)15(18)21(19,20)11-4-2-1-3-5-11/h1-9,15,17-18H. The number of hydrogen-bond acceptors (Lipinski definition) is 3. The minimum absolute atomic E-state index is 0.0989. The number of halogens is 1. The second kappa shape index (κ2) is 5.29. The van der Waals surface area contributed by atoms with Crippen LogP contribution in [0.1, 0.15) is 11.0 Å². The molecule has 3 aromatic rings. The second-order valence-corrected chi connectivity index (χ2v) is 7.57. The summed E-state index contributed by atoms with van der Waals surface area (Å²) >= 11 is 3.35. The summed E-state index contributed by atoms with van der Waals surface area (Å²) in [5, 5.41) is 11.0. The first-order chi connectivity index (χ1) is 10.00. The molecule has 3 rings (SSSR count). The van der Waals surface area contributed by atoms with Gasteiger partial charge < -0.3 is 10.1 Å². The first-order valence-electron chi connectivity index (χ1n) is 6.24. The minimum Gasteiger partial charge on any atom is -0.373 e. The quantitative estimate of drug-likeness (QED) is 0.747. The van der Waals surface area contributed by atoms with Crippen molar-refractivity contribution in [1.82, 2.24) is 4.98 Å². The average molecular weight is 366 g/mol. The van der Waals surface area contributed by atoms with Crippen LogP contribution in [0.4, 0.5) is 0 Å². The summed E-state index contributed by atoms with van der Waals surface area (Å²) in [7, 11) is -3.85. The molecule has 1 unspecified atom stereocenters. The lowest BCUT2D eigenvalue weighted by Gasteiger charge is -2.11. The molecule has 0 bridgehead atoms. The lowest BCUT2D eigenvalue weighted by Crippen LogP contribution is -2.12. The van der Waals surface area contributed by atoms with Gasteiger partial charge in [-0.25, -0.2) is 8.42 Å². The van der Waals surface area contributed by atoms with E-state index in [1.54, 1.807) is 24.3 Å². The normalized spacial score (nSPS) is 13.4. The third-order valence-corrected chi connectivity index (χ3v) is 5.57. The molecule has 1 heterocycles. The predicted octanol–water partition coefficient (Wildman–Crippen LogP) is 3.40. The Kier molecular flexibility index (Phi) is 3.61. The van der Waals surface area contributed by atoms with Gasteiger partial charge in [-0.05, 0) is 30.3 Å². The van der Waals surface area contributed by atoms with Gasteiger partial charge in [0.2, 0.25) is 9.84 Å². The number of aliphatic hydroxyl groups excluding tert-OH is 1. The molecule has 2 aromatic carbocycles. The number of aromatic nitrogens is 1. The highest BCUT2D eigenvalue weighted by Crippen LogP contribution is 2.32. The zero-order valence-electron chi connectivity index (χ0n) is 10.8. The largest absolute Gasteiger partial charge is 0.373 e. The van der Waals surface area contributed by atoms with Crippen molar-refractivity contribution in [2.45, 2.75) is 10.3 Å². The highest BCUT2D eigenvalue weighted by Gasteiger charge is 2.28. The zero-order valence-corrected chi connectivity index (χ0v) is 13.2. The molecule has 0 aliphatic carbocycles. The van der Waals surface area contributed by atoms with Gasteiger partial charge in [-0.1, -0.05) is 34.1 Å². The van der Waals surface area contributed by atoms with Crippen LogP contribution in [0.5, 0.6) is 0 Å². The number of H-pyrrole nitrogens is 1. The molecule has 0 saturated heterocycles. The molecular formula is C15H12BrNO3S. The Hall–Kier alpha value is -1.63. The maximum Gasteiger partial charge on any atom is 0.209 e. The maximum atomic E-state index is 12.5. The van der Waals surface area contributed by atoms with Gasteiger partial charge in [0.05, 0.1) is 4.90 Å². The highest BCUT2D eigenvalue weighted by molar-refractivity contribution is 9.10. The maximum absolute atomic E-state index is 12.5. The Balaban J connectivity index is 2.12.